The highest BCUT2D eigenvalue weighted by Gasteiger charge is 2.34. The van der Waals surface area contributed by atoms with Crippen molar-refractivity contribution in [2.45, 2.75) is 70.1 Å². The molecule has 196 valence electrons. The number of aliphatic imine (C=N–C) groups is 1. The quantitative estimate of drug-likeness (QED) is 0.206. The molecule has 5 rings (SSSR count). The molecule has 3 aromatic rings. The van der Waals surface area contributed by atoms with Crippen LogP contribution in [0.2, 0.25) is 0 Å². The fourth-order valence-corrected chi connectivity index (χ4v) is 5.63. The zero-order valence-electron chi connectivity index (χ0n) is 21.9. The second kappa shape index (κ2) is 11.7. The summed E-state index contributed by atoms with van der Waals surface area (Å²) in [5.74, 6) is 0.703. The molecular weight excluding hydrogens is 476 g/mol. The summed E-state index contributed by atoms with van der Waals surface area (Å²) in [4.78, 5) is 31.1. The zero-order chi connectivity index (χ0) is 26.5. The predicted octanol–water partition coefficient (Wildman–Crippen LogP) is 6.72. The molecule has 6 heteroatoms. The molecule has 2 aliphatic carbocycles. The molecule has 2 aliphatic rings. The van der Waals surface area contributed by atoms with E-state index in [9.17, 15) is 14.7 Å². The van der Waals surface area contributed by atoms with Crippen LogP contribution in [-0.2, 0) is 17.6 Å². The number of hydrogen-bond donors (Lipinski definition) is 1. The lowest BCUT2D eigenvalue weighted by molar-refractivity contribution is -0.116. The highest BCUT2D eigenvalue weighted by Crippen LogP contribution is 2.36. The number of Topliss-reactive ketones (excluding diaryl/α,β-unsaturated/α-hetero) is 2. The number of benzene rings is 2. The van der Waals surface area contributed by atoms with Crippen LogP contribution in [0.4, 0.5) is 0 Å². The van der Waals surface area contributed by atoms with E-state index >= 15 is 0 Å². The van der Waals surface area contributed by atoms with Crippen molar-refractivity contribution in [3.63, 3.8) is 0 Å². The standard InChI is InChI=1S/C32H34N2O4/c1-2-3-16-33-26-17-23(21-10-6-4-7-11-21)18-28(36)31(26)27(35)15-14-25-32-29(37)19-24(20-30(32)38-34-25)22-12-8-5-9-13-22/h4-13,23-24,35H,2-3,14-20H2,1H3. The van der Waals surface area contributed by atoms with Gasteiger partial charge in [0.25, 0.3) is 0 Å². The summed E-state index contributed by atoms with van der Waals surface area (Å²) < 4.78 is 5.60. The SMILES string of the molecule is CCCCN=C1CC(c2ccccc2)CC(=O)C1=C(O)CCc1noc2c1C(=O)CC(c1ccccc1)C2. The second-order valence-corrected chi connectivity index (χ2v) is 10.3. The number of rotatable bonds is 8. The van der Waals surface area contributed by atoms with Crippen LogP contribution < -0.4 is 0 Å². The number of fused-ring (bicyclic) bond motifs is 1. The molecule has 38 heavy (non-hydrogen) atoms. The number of aliphatic hydroxyl groups excluding tert-OH is 1. The highest BCUT2D eigenvalue weighted by molar-refractivity contribution is 6.24. The van der Waals surface area contributed by atoms with Gasteiger partial charge in [-0.3, -0.25) is 14.6 Å². The smallest absolute Gasteiger partial charge is 0.168 e. The van der Waals surface area contributed by atoms with Gasteiger partial charge >= 0.3 is 0 Å². The van der Waals surface area contributed by atoms with Crippen molar-refractivity contribution >= 4 is 17.3 Å². The van der Waals surface area contributed by atoms with Crippen molar-refractivity contribution in [1.29, 1.82) is 0 Å². The minimum absolute atomic E-state index is 0.0183. The number of aliphatic hydroxyl groups is 1. The van der Waals surface area contributed by atoms with Crippen LogP contribution in [-0.4, -0.2) is 34.1 Å². The molecule has 0 saturated heterocycles. The fourth-order valence-electron chi connectivity index (χ4n) is 5.63. The van der Waals surface area contributed by atoms with Crippen LogP contribution in [0, 0.1) is 0 Å². The lowest BCUT2D eigenvalue weighted by atomic mass is 9.78. The number of aromatic nitrogens is 1. The van der Waals surface area contributed by atoms with Gasteiger partial charge in [-0.05, 0) is 35.8 Å². The molecule has 0 aliphatic heterocycles. The van der Waals surface area contributed by atoms with Gasteiger partial charge < -0.3 is 9.63 Å². The molecule has 2 aromatic carbocycles. The molecule has 1 heterocycles. The number of unbranched alkanes of at least 4 members (excludes halogenated alkanes) is 1. The summed E-state index contributed by atoms with van der Waals surface area (Å²) in [7, 11) is 0. The molecule has 6 nitrogen and oxygen atoms in total. The van der Waals surface area contributed by atoms with Crippen molar-refractivity contribution in [2.24, 2.45) is 4.99 Å². The van der Waals surface area contributed by atoms with Crippen LogP contribution in [0.15, 0.2) is 81.5 Å². The summed E-state index contributed by atoms with van der Waals surface area (Å²) in [6.07, 6.45) is 4.47. The van der Waals surface area contributed by atoms with Crippen LogP contribution in [0.3, 0.4) is 0 Å². The number of carbonyl (C=O) groups excluding carboxylic acids is 2. The summed E-state index contributed by atoms with van der Waals surface area (Å²) in [5.41, 5.74) is 4.37. The van der Waals surface area contributed by atoms with Crippen LogP contribution in [0.1, 0.15) is 90.2 Å². The first-order chi connectivity index (χ1) is 18.5. The van der Waals surface area contributed by atoms with Crippen LogP contribution in [0.5, 0.6) is 0 Å². The molecule has 2 unspecified atom stereocenters. The predicted molar refractivity (Wildman–Crippen MR) is 147 cm³/mol. The first kappa shape index (κ1) is 25.8. The van der Waals surface area contributed by atoms with E-state index in [0.717, 1.165) is 24.0 Å². The number of carbonyl (C=O) groups is 2. The number of ketones is 2. The highest BCUT2D eigenvalue weighted by atomic mass is 16.5. The Bertz CT molecular complexity index is 1350. The maximum absolute atomic E-state index is 13.3. The van der Waals surface area contributed by atoms with Gasteiger partial charge in [0.2, 0.25) is 0 Å². The topological polar surface area (TPSA) is 92.8 Å². The largest absolute Gasteiger partial charge is 0.511 e. The third-order valence-electron chi connectivity index (χ3n) is 7.66. The van der Waals surface area contributed by atoms with E-state index in [1.807, 2.05) is 60.7 Å². The van der Waals surface area contributed by atoms with Gasteiger partial charge in [0.1, 0.15) is 11.5 Å². The Morgan fingerprint density at radius 1 is 0.921 bits per heavy atom. The average Bonchev–Trinajstić information content (AvgIpc) is 3.36. The van der Waals surface area contributed by atoms with Crippen molar-refractivity contribution in [2.75, 3.05) is 6.54 Å². The molecule has 1 aromatic heterocycles. The second-order valence-electron chi connectivity index (χ2n) is 10.3. The molecule has 1 saturated carbocycles. The normalized spacial score (nSPS) is 22.0. The summed E-state index contributed by atoms with van der Waals surface area (Å²) in [6.45, 7) is 2.74. The molecule has 0 radical (unpaired) electrons. The molecular formula is C32H34N2O4. The number of allylic oxidation sites excluding steroid dienone is 2. The van der Waals surface area contributed by atoms with Crippen molar-refractivity contribution < 1.29 is 19.2 Å². The lowest BCUT2D eigenvalue weighted by Crippen LogP contribution is -2.27. The summed E-state index contributed by atoms with van der Waals surface area (Å²) in [5, 5.41) is 15.3. The molecule has 2 atom stereocenters. The molecule has 0 spiro atoms. The Kier molecular flexibility index (Phi) is 7.97. The van der Waals surface area contributed by atoms with E-state index in [-0.39, 0.29) is 35.6 Å². The van der Waals surface area contributed by atoms with Crippen molar-refractivity contribution in [3.05, 3.63) is 100 Å². The lowest BCUT2D eigenvalue weighted by Gasteiger charge is -2.26. The van der Waals surface area contributed by atoms with E-state index in [4.69, 9.17) is 9.52 Å². The van der Waals surface area contributed by atoms with E-state index in [2.05, 4.69) is 12.1 Å². The first-order valence-electron chi connectivity index (χ1n) is 13.6. The minimum Gasteiger partial charge on any atom is -0.511 e. The van der Waals surface area contributed by atoms with E-state index in [1.54, 1.807) is 0 Å². The maximum Gasteiger partial charge on any atom is 0.168 e. The van der Waals surface area contributed by atoms with Gasteiger partial charge in [0.05, 0.1) is 16.8 Å². The van der Waals surface area contributed by atoms with Gasteiger partial charge in [-0.25, -0.2) is 0 Å². The first-order valence-corrected chi connectivity index (χ1v) is 13.6. The van der Waals surface area contributed by atoms with Gasteiger partial charge in [-0.2, -0.15) is 0 Å². The summed E-state index contributed by atoms with van der Waals surface area (Å²) in [6, 6.07) is 20.0. The monoisotopic (exact) mass is 510 g/mol. The van der Waals surface area contributed by atoms with Gasteiger partial charge in [-0.15, -0.1) is 0 Å². The van der Waals surface area contributed by atoms with E-state index in [0.29, 0.717) is 67.0 Å². The Labute approximate surface area is 223 Å². The van der Waals surface area contributed by atoms with Gasteiger partial charge in [-0.1, -0.05) is 79.2 Å². The van der Waals surface area contributed by atoms with E-state index < -0.39 is 0 Å². The van der Waals surface area contributed by atoms with Crippen LogP contribution in [0.25, 0.3) is 0 Å². The van der Waals surface area contributed by atoms with Crippen molar-refractivity contribution in [1.82, 2.24) is 5.16 Å². The van der Waals surface area contributed by atoms with E-state index in [1.165, 1.54) is 0 Å². The Morgan fingerprint density at radius 2 is 1.55 bits per heavy atom. The third-order valence-corrected chi connectivity index (χ3v) is 7.66. The van der Waals surface area contributed by atoms with Crippen LogP contribution >= 0.6 is 0 Å². The molecule has 1 N–H and O–H groups in total. The summed E-state index contributed by atoms with van der Waals surface area (Å²) >= 11 is 0. The minimum atomic E-state index is -0.0817. The molecule has 0 amide bonds. The average molecular weight is 511 g/mol. The fraction of sp³-hybridized carbons (Fsp3) is 0.375. The van der Waals surface area contributed by atoms with Crippen molar-refractivity contribution in [3.8, 4) is 0 Å². The Morgan fingerprint density at radius 3 is 2.21 bits per heavy atom. The Hall–Kier alpha value is -3.80. The zero-order valence-corrected chi connectivity index (χ0v) is 21.9. The number of aryl methyl sites for hydroxylation is 1. The third kappa shape index (κ3) is 5.54. The molecule has 1 fully saturated rings. The molecule has 0 bridgehead atoms. The van der Waals surface area contributed by atoms with Gasteiger partial charge in [0, 0.05) is 44.4 Å². The Balaban J connectivity index is 1.34. The van der Waals surface area contributed by atoms with Gasteiger partial charge in [0.15, 0.2) is 11.6 Å². The maximum atomic E-state index is 13.3. The number of nitrogens with zero attached hydrogens (tertiary/aromatic N) is 2. The number of hydrogen-bond acceptors (Lipinski definition) is 6.